The number of aryl methyl sites for hydroxylation is 1. The van der Waals surface area contributed by atoms with Crippen LogP contribution in [-0.4, -0.2) is 17.2 Å². The average Bonchev–Trinajstić information content (AvgIpc) is 2.86. The van der Waals surface area contributed by atoms with Gasteiger partial charge in [0.25, 0.3) is 5.89 Å². The lowest BCUT2D eigenvalue weighted by atomic mass is 10.2. The molecule has 0 saturated heterocycles. The van der Waals surface area contributed by atoms with Crippen molar-refractivity contribution in [3.63, 3.8) is 0 Å². The third kappa shape index (κ3) is 3.78. The second-order valence-electron chi connectivity index (χ2n) is 4.03. The predicted octanol–water partition coefficient (Wildman–Crippen LogP) is 2.69. The summed E-state index contributed by atoms with van der Waals surface area (Å²) in [6, 6.07) is 5.97. The standard InChI is InChI=1S/C13H16BrN3O2/c1-3-12-16-17-13(19-12)8-18-11-5-4-9(7-15-2)6-10(11)14/h4-6,15H,3,7-8H2,1-2H3. The van der Waals surface area contributed by atoms with Crippen LogP contribution in [0.3, 0.4) is 0 Å². The Balaban J connectivity index is 1.99. The van der Waals surface area contributed by atoms with E-state index in [1.807, 2.05) is 32.2 Å². The summed E-state index contributed by atoms with van der Waals surface area (Å²) in [6.07, 6.45) is 0.732. The summed E-state index contributed by atoms with van der Waals surface area (Å²) >= 11 is 3.49. The molecule has 0 amide bonds. The number of nitrogens with one attached hydrogen (secondary N) is 1. The molecule has 0 radical (unpaired) electrons. The summed E-state index contributed by atoms with van der Waals surface area (Å²) < 4.78 is 11.9. The van der Waals surface area contributed by atoms with Crippen LogP contribution in [0.5, 0.6) is 5.75 Å². The second kappa shape index (κ2) is 6.68. The van der Waals surface area contributed by atoms with Crippen molar-refractivity contribution in [3.05, 3.63) is 40.0 Å². The summed E-state index contributed by atoms with van der Waals surface area (Å²) in [5, 5.41) is 10.9. The summed E-state index contributed by atoms with van der Waals surface area (Å²) in [5.74, 6) is 1.88. The molecular weight excluding hydrogens is 310 g/mol. The van der Waals surface area contributed by atoms with Gasteiger partial charge in [-0.2, -0.15) is 0 Å². The van der Waals surface area contributed by atoms with Crippen LogP contribution in [0.1, 0.15) is 24.3 Å². The lowest BCUT2D eigenvalue weighted by Crippen LogP contribution is -2.05. The van der Waals surface area contributed by atoms with E-state index in [0.717, 1.165) is 23.2 Å². The summed E-state index contributed by atoms with van der Waals surface area (Å²) in [7, 11) is 1.92. The zero-order valence-corrected chi connectivity index (χ0v) is 12.5. The van der Waals surface area contributed by atoms with Crippen LogP contribution < -0.4 is 10.1 Å². The molecule has 0 aliphatic carbocycles. The SMILES string of the molecule is CCc1nnc(COc2ccc(CNC)cc2Br)o1. The quantitative estimate of drug-likeness (QED) is 0.884. The van der Waals surface area contributed by atoms with Crippen molar-refractivity contribution < 1.29 is 9.15 Å². The third-order valence-electron chi connectivity index (χ3n) is 2.54. The van der Waals surface area contributed by atoms with Gasteiger partial charge in [-0.15, -0.1) is 10.2 Å². The molecule has 0 saturated carbocycles. The first-order valence-electron chi connectivity index (χ1n) is 6.10. The van der Waals surface area contributed by atoms with E-state index in [2.05, 4.69) is 31.4 Å². The molecule has 1 heterocycles. The Kier molecular flexibility index (Phi) is 4.93. The molecule has 0 aliphatic rings. The molecule has 0 aliphatic heterocycles. The maximum Gasteiger partial charge on any atom is 0.253 e. The largest absolute Gasteiger partial charge is 0.483 e. The van der Waals surface area contributed by atoms with Crippen LogP contribution >= 0.6 is 15.9 Å². The highest BCUT2D eigenvalue weighted by Crippen LogP contribution is 2.26. The van der Waals surface area contributed by atoms with Crippen molar-refractivity contribution in [2.24, 2.45) is 0 Å². The van der Waals surface area contributed by atoms with Crippen molar-refractivity contribution in [2.45, 2.75) is 26.5 Å². The van der Waals surface area contributed by atoms with Crippen LogP contribution in [0.2, 0.25) is 0 Å². The highest BCUT2D eigenvalue weighted by molar-refractivity contribution is 9.10. The molecule has 2 aromatic rings. The van der Waals surface area contributed by atoms with Crippen LogP contribution in [-0.2, 0) is 19.6 Å². The summed E-state index contributed by atoms with van der Waals surface area (Å²) in [4.78, 5) is 0. The van der Waals surface area contributed by atoms with Crippen molar-refractivity contribution in [1.29, 1.82) is 0 Å². The Morgan fingerprint density at radius 2 is 2.11 bits per heavy atom. The van der Waals surface area contributed by atoms with E-state index in [1.165, 1.54) is 5.56 Å². The number of ether oxygens (including phenoxy) is 1. The Bertz CT molecular complexity index is 542. The summed E-state index contributed by atoms with van der Waals surface area (Å²) in [6.45, 7) is 3.06. The lowest BCUT2D eigenvalue weighted by Gasteiger charge is -2.08. The van der Waals surface area contributed by atoms with E-state index >= 15 is 0 Å². The minimum atomic E-state index is 0.275. The zero-order valence-electron chi connectivity index (χ0n) is 10.9. The number of aromatic nitrogens is 2. The minimum Gasteiger partial charge on any atom is -0.483 e. The Labute approximate surface area is 120 Å². The number of nitrogens with zero attached hydrogens (tertiary/aromatic N) is 2. The topological polar surface area (TPSA) is 60.2 Å². The lowest BCUT2D eigenvalue weighted by molar-refractivity contribution is 0.258. The molecule has 2 rings (SSSR count). The average molecular weight is 326 g/mol. The molecule has 19 heavy (non-hydrogen) atoms. The predicted molar refractivity (Wildman–Crippen MR) is 74.9 cm³/mol. The van der Waals surface area contributed by atoms with Gasteiger partial charge in [0.1, 0.15) is 5.75 Å². The van der Waals surface area contributed by atoms with E-state index in [0.29, 0.717) is 11.8 Å². The first-order valence-corrected chi connectivity index (χ1v) is 6.89. The van der Waals surface area contributed by atoms with Crippen molar-refractivity contribution in [3.8, 4) is 5.75 Å². The van der Waals surface area contributed by atoms with Gasteiger partial charge in [-0.05, 0) is 40.7 Å². The minimum absolute atomic E-state index is 0.275. The van der Waals surface area contributed by atoms with Gasteiger partial charge in [0.2, 0.25) is 5.89 Å². The first-order chi connectivity index (χ1) is 9.22. The molecule has 0 atom stereocenters. The Morgan fingerprint density at radius 3 is 2.74 bits per heavy atom. The summed E-state index contributed by atoms with van der Waals surface area (Å²) in [5.41, 5.74) is 1.19. The monoisotopic (exact) mass is 325 g/mol. The van der Waals surface area contributed by atoms with E-state index in [4.69, 9.17) is 9.15 Å². The molecule has 5 nitrogen and oxygen atoms in total. The molecule has 102 valence electrons. The maximum atomic E-state index is 5.65. The van der Waals surface area contributed by atoms with Gasteiger partial charge in [-0.3, -0.25) is 0 Å². The molecule has 6 heteroatoms. The fourth-order valence-corrected chi connectivity index (χ4v) is 2.15. The number of rotatable bonds is 6. The van der Waals surface area contributed by atoms with Gasteiger partial charge in [-0.1, -0.05) is 13.0 Å². The van der Waals surface area contributed by atoms with Crippen molar-refractivity contribution >= 4 is 15.9 Å². The van der Waals surface area contributed by atoms with Gasteiger partial charge in [0.15, 0.2) is 6.61 Å². The van der Waals surface area contributed by atoms with Gasteiger partial charge in [0.05, 0.1) is 4.47 Å². The molecule has 0 spiro atoms. The molecule has 0 unspecified atom stereocenters. The zero-order chi connectivity index (χ0) is 13.7. The van der Waals surface area contributed by atoms with Gasteiger partial charge < -0.3 is 14.5 Å². The normalized spacial score (nSPS) is 10.7. The van der Waals surface area contributed by atoms with E-state index in [9.17, 15) is 0 Å². The number of halogens is 1. The Hall–Kier alpha value is -1.40. The van der Waals surface area contributed by atoms with Crippen molar-refractivity contribution in [2.75, 3.05) is 7.05 Å². The van der Waals surface area contributed by atoms with Gasteiger partial charge >= 0.3 is 0 Å². The van der Waals surface area contributed by atoms with Crippen LogP contribution in [0.25, 0.3) is 0 Å². The van der Waals surface area contributed by atoms with E-state index < -0.39 is 0 Å². The second-order valence-corrected chi connectivity index (χ2v) is 4.88. The fourth-order valence-electron chi connectivity index (χ4n) is 1.60. The highest BCUT2D eigenvalue weighted by atomic mass is 79.9. The number of hydrogen-bond donors (Lipinski definition) is 1. The molecular formula is C13H16BrN3O2. The molecule has 0 fully saturated rings. The first kappa shape index (κ1) is 14.0. The maximum absolute atomic E-state index is 5.65. The molecule has 1 N–H and O–H groups in total. The van der Waals surface area contributed by atoms with Gasteiger partial charge in [0, 0.05) is 13.0 Å². The van der Waals surface area contributed by atoms with Crippen LogP contribution in [0.4, 0.5) is 0 Å². The molecule has 0 bridgehead atoms. The fraction of sp³-hybridized carbons (Fsp3) is 0.385. The number of benzene rings is 1. The van der Waals surface area contributed by atoms with Crippen LogP contribution in [0.15, 0.2) is 27.1 Å². The molecule has 1 aromatic carbocycles. The Morgan fingerprint density at radius 1 is 1.32 bits per heavy atom. The van der Waals surface area contributed by atoms with E-state index in [-0.39, 0.29) is 6.61 Å². The third-order valence-corrected chi connectivity index (χ3v) is 3.16. The van der Waals surface area contributed by atoms with Crippen LogP contribution in [0, 0.1) is 0 Å². The number of hydrogen-bond acceptors (Lipinski definition) is 5. The van der Waals surface area contributed by atoms with Gasteiger partial charge in [-0.25, -0.2) is 0 Å². The van der Waals surface area contributed by atoms with Crippen molar-refractivity contribution in [1.82, 2.24) is 15.5 Å². The smallest absolute Gasteiger partial charge is 0.253 e. The van der Waals surface area contributed by atoms with E-state index in [1.54, 1.807) is 0 Å². The molecule has 1 aromatic heterocycles. The highest BCUT2D eigenvalue weighted by Gasteiger charge is 2.07.